The minimum absolute atomic E-state index is 0.0233. The van der Waals surface area contributed by atoms with E-state index >= 15 is 0 Å². The molecule has 11 heteroatoms. The Hall–Kier alpha value is -4.74. The van der Waals surface area contributed by atoms with Crippen LogP contribution in [0.5, 0.6) is 11.6 Å². The van der Waals surface area contributed by atoms with E-state index in [9.17, 15) is 22.8 Å². The van der Waals surface area contributed by atoms with Crippen LogP contribution in [0.4, 0.5) is 0 Å². The highest BCUT2D eigenvalue weighted by atomic mass is 32.2. The van der Waals surface area contributed by atoms with Crippen molar-refractivity contribution in [2.75, 3.05) is 32.4 Å². The second-order valence-electron chi connectivity index (χ2n) is 10.7. The molecule has 0 bridgehead atoms. The molecule has 1 amide bonds. The van der Waals surface area contributed by atoms with Crippen molar-refractivity contribution in [3.05, 3.63) is 113 Å². The van der Waals surface area contributed by atoms with Crippen LogP contribution in [0.1, 0.15) is 49.3 Å². The zero-order chi connectivity index (χ0) is 31.3. The van der Waals surface area contributed by atoms with Gasteiger partial charge in [0, 0.05) is 75.0 Å². The smallest absolute Gasteiger partial charge is 0.272 e. The lowest BCUT2D eigenvalue weighted by Gasteiger charge is -2.34. The molecule has 0 radical (unpaired) electrons. The lowest BCUT2D eigenvalue weighted by atomic mass is 10.1. The van der Waals surface area contributed by atoms with E-state index in [1.54, 1.807) is 71.8 Å². The zero-order valence-corrected chi connectivity index (χ0v) is 25.3. The summed E-state index contributed by atoms with van der Waals surface area (Å²) in [5.74, 6) is 0.560. The number of carbonyl (C=O) groups excluding carboxylic acids is 3. The molecule has 0 N–H and O–H groups in total. The summed E-state index contributed by atoms with van der Waals surface area (Å²) in [5, 5.41) is 0. The number of nitrogens with zero attached hydrogens (tertiary/aromatic N) is 4. The molecule has 1 saturated heterocycles. The largest absolute Gasteiger partial charge is 0.439 e. The number of piperazine rings is 1. The highest BCUT2D eigenvalue weighted by Gasteiger charge is 2.23. The Bertz CT molecular complexity index is 1750. The first-order valence-electron chi connectivity index (χ1n) is 14.1. The molecular formula is C33H32N4O6S. The number of hydrogen-bond donors (Lipinski definition) is 0. The van der Waals surface area contributed by atoms with E-state index in [0.717, 1.165) is 5.56 Å². The molecule has 0 unspecified atom stereocenters. The quantitative estimate of drug-likeness (QED) is 0.242. The van der Waals surface area contributed by atoms with Crippen LogP contribution in [0.3, 0.4) is 0 Å². The number of pyridine rings is 2. The van der Waals surface area contributed by atoms with Gasteiger partial charge in [-0.05, 0) is 66.6 Å². The number of ketones is 2. The minimum atomic E-state index is -3.23. The van der Waals surface area contributed by atoms with Gasteiger partial charge in [0.15, 0.2) is 21.4 Å². The highest BCUT2D eigenvalue weighted by Crippen LogP contribution is 2.21. The molecule has 226 valence electrons. The van der Waals surface area contributed by atoms with Gasteiger partial charge in [0.05, 0.1) is 4.90 Å². The normalized spacial score (nSPS) is 13.8. The maximum Gasteiger partial charge on any atom is 0.272 e. The minimum Gasteiger partial charge on any atom is -0.439 e. The molecule has 1 aliphatic heterocycles. The lowest BCUT2D eigenvalue weighted by Crippen LogP contribution is -2.48. The van der Waals surface area contributed by atoms with Crippen molar-refractivity contribution in [3.8, 4) is 11.6 Å². The van der Waals surface area contributed by atoms with E-state index in [1.807, 2.05) is 12.1 Å². The number of hydrogen-bond acceptors (Lipinski definition) is 9. The summed E-state index contributed by atoms with van der Waals surface area (Å²) in [6, 6.07) is 20.3. The van der Waals surface area contributed by atoms with Crippen LogP contribution in [0.15, 0.2) is 90.1 Å². The summed E-state index contributed by atoms with van der Waals surface area (Å²) in [6.45, 7) is 4.61. The van der Waals surface area contributed by atoms with E-state index in [4.69, 9.17) is 4.74 Å². The van der Waals surface area contributed by atoms with Crippen LogP contribution in [0.2, 0.25) is 0 Å². The Kier molecular flexibility index (Phi) is 9.26. The van der Waals surface area contributed by atoms with Gasteiger partial charge in [-0.2, -0.15) is 0 Å². The molecule has 0 spiro atoms. The first-order chi connectivity index (χ1) is 21.0. The first kappa shape index (κ1) is 30.7. The second kappa shape index (κ2) is 13.3. The van der Waals surface area contributed by atoms with Crippen LogP contribution >= 0.6 is 0 Å². The van der Waals surface area contributed by atoms with Gasteiger partial charge in [0.25, 0.3) is 5.91 Å². The molecule has 10 nitrogen and oxygen atoms in total. The number of rotatable bonds is 10. The fourth-order valence-electron chi connectivity index (χ4n) is 4.80. The Morgan fingerprint density at radius 3 is 2.00 bits per heavy atom. The van der Waals surface area contributed by atoms with Gasteiger partial charge >= 0.3 is 0 Å². The van der Waals surface area contributed by atoms with Gasteiger partial charge in [0.2, 0.25) is 5.88 Å². The number of carbonyl (C=O) groups is 3. The zero-order valence-electron chi connectivity index (χ0n) is 24.5. The Morgan fingerprint density at radius 2 is 1.43 bits per heavy atom. The number of sulfone groups is 1. The standard InChI is InChI=1S/C33H32N4O6S/c1-23(38)26-6-9-28(10-7-26)43-32-14-5-25(20-35-32)19-31(39)27-8-13-30(34-21-27)33(40)37-17-15-36(16-18-37)22-24-3-11-29(12-4-24)44(2,41)42/h3-14,20-21H,15-19,22H2,1-2H3. The van der Waals surface area contributed by atoms with Gasteiger partial charge in [-0.25, -0.2) is 13.4 Å². The fourth-order valence-corrected chi connectivity index (χ4v) is 5.43. The molecule has 2 aromatic heterocycles. The van der Waals surface area contributed by atoms with E-state index in [1.165, 1.54) is 19.4 Å². The van der Waals surface area contributed by atoms with Crippen molar-refractivity contribution in [1.29, 1.82) is 0 Å². The lowest BCUT2D eigenvalue weighted by molar-refractivity contribution is 0.0622. The maximum absolute atomic E-state index is 13.0. The van der Waals surface area contributed by atoms with Crippen LogP contribution < -0.4 is 4.74 Å². The van der Waals surface area contributed by atoms with Crippen LogP contribution in [0.25, 0.3) is 0 Å². The molecule has 1 fully saturated rings. The number of aromatic nitrogens is 2. The molecule has 2 aromatic carbocycles. The summed E-state index contributed by atoms with van der Waals surface area (Å²) >= 11 is 0. The van der Waals surface area contributed by atoms with E-state index in [2.05, 4.69) is 14.9 Å². The fraction of sp³-hybridized carbons (Fsp3) is 0.242. The van der Waals surface area contributed by atoms with Crippen LogP contribution in [-0.2, 0) is 22.8 Å². The maximum atomic E-state index is 13.0. The van der Waals surface area contributed by atoms with Gasteiger partial charge in [0.1, 0.15) is 11.4 Å². The van der Waals surface area contributed by atoms with Gasteiger partial charge in [-0.1, -0.05) is 18.2 Å². The van der Waals surface area contributed by atoms with Crippen molar-refractivity contribution in [3.63, 3.8) is 0 Å². The Morgan fingerprint density at radius 1 is 0.773 bits per heavy atom. The average molecular weight is 613 g/mol. The molecule has 1 aliphatic rings. The van der Waals surface area contributed by atoms with Crippen LogP contribution in [0, 0.1) is 0 Å². The SMILES string of the molecule is CC(=O)c1ccc(Oc2ccc(CC(=O)c3ccc(C(=O)N4CCN(Cc5ccc(S(C)(=O)=O)cc5)CC4)nc3)cn2)cc1. The third-order valence-corrected chi connectivity index (χ3v) is 8.50. The Balaban J connectivity index is 1.10. The van der Waals surface area contributed by atoms with Gasteiger partial charge in [-0.15, -0.1) is 0 Å². The monoisotopic (exact) mass is 612 g/mol. The molecule has 4 aromatic rings. The first-order valence-corrected chi connectivity index (χ1v) is 16.0. The second-order valence-corrected chi connectivity index (χ2v) is 12.7. The van der Waals surface area contributed by atoms with Gasteiger partial charge in [-0.3, -0.25) is 24.3 Å². The average Bonchev–Trinajstić information content (AvgIpc) is 3.02. The molecule has 0 aliphatic carbocycles. The van der Waals surface area contributed by atoms with Crippen molar-refractivity contribution in [1.82, 2.24) is 19.8 Å². The van der Waals surface area contributed by atoms with Gasteiger partial charge < -0.3 is 9.64 Å². The van der Waals surface area contributed by atoms with Crippen molar-refractivity contribution in [2.45, 2.75) is 24.8 Å². The molecule has 0 atom stereocenters. The van der Waals surface area contributed by atoms with Crippen LogP contribution in [-0.4, -0.2) is 78.1 Å². The molecule has 44 heavy (non-hydrogen) atoms. The summed E-state index contributed by atoms with van der Waals surface area (Å²) in [4.78, 5) is 50.1. The summed E-state index contributed by atoms with van der Waals surface area (Å²) in [6.07, 6.45) is 4.32. The number of benzene rings is 2. The third kappa shape index (κ3) is 7.80. The van der Waals surface area contributed by atoms with E-state index in [-0.39, 0.29) is 29.6 Å². The number of Topliss-reactive ketones (excluding diaryl/α,β-unsaturated/α-hetero) is 2. The highest BCUT2D eigenvalue weighted by molar-refractivity contribution is 7.90. The summed E-state index contributed by atoms with van der Waals surface area (Å²) < 4.78 is 29.1. The molecule has 3 heterocycles. The molecular weight excluding hydrogens is 580 g/mol. The number of ether oxygens (including phenoxy) is 1. The predicted octanol–water partition coefficient (Wildman–Crippen LogP) is 4.26. The van der Waals surface area contributed by atoms with E-state index < -0.39 is 9.84 Å². The number of amides is 1. The van der Waals surface area contributed by atoms with Crippen molar-refractivity contribution in [2.24, 2.45) is 0 Å². The van der Waals surface area contributed by atoms with Crippen molar-refractivity contribution < 1.29 is 27.5 Å². The topological polar surface area (TPSA) is 127 Å². The predicted molar refractivity (Wildman–Crippen MR) is 164 cm³/mol. The summed E-state index contributed by atoms with van der Waals surface area (Å²) in [5.41, 5.74) is 3.00. The molecule has 0 saturated carbocycles. The molecule has 5 rings (SSSR count). The third-order valence-electron chi connectivity index (χ3n) is 7.37. The Labute approximate surface area is 256 Å². The van der Waals surface area contributed by atoms with E-state index in [0.29, 0.717) is 65.9 Å². The summed E-state index contributed by atoms with van der Waals surface area (Å²) in [7, 11) is -3.23. The van der Waals surface area contributed by atoms with Crippen molar-refractivity contribution >= 4 is 27.3 Å².